The standard InChI is InChI=1S/C16H14Se/c1-2-14-8-10-15(11-9-14)12-13-17-16-6-4-3-5-7-16/h3-11H,2H2,1H3. The van der Waals surface area contributed by atoms with Crippen LogP contribution < -0.4 is 4.46 Å². The van der Waals surface area contributed by atoms with E-state index in [0.717, 1.165) is 12.0 Å². The number of rotatable bonds is 2. The maximum atomic E-state index is 3.27. The van der Waals surface area contributed by atoms with Crippen molar-refractivity contribution < 1.29 is 0 Å². The van der Waals surface area contributed by atoms with Gasteiger partial charge in [0.1, 0.15) is 0 Å². The molecule has 0 heterocycles. The van der Waals surface area contributed by atoms with Crippen molar-refractivity contribution in [2.24, 2.45) is 0 Å². The van der Waals surface area contributed by atoms with E-state index < -0.39 is 0 Å². The van der Waals surface area contributed by atoms with E-state index in [1.807, 2.05) is 6.07 Å². The fourth-order valence-electron chi connectivity index (χ4n) is 1.46. The van der Waals surface area contributed by atoms with Gasteiger partial charge in [0.25, 0.3) is 0 Å². The predicted octanol–water partition coefficient (Wildman–Crippen LogP) is 2.59. The van der Waals surface area contributed by atoms with Gasteiger partial charge in [0.15, 0.2) is 0 Å². The molecular weight excluding hydrogens is 271 g/mol. The second kappa shape index (κ2) is 6.30. The number of benzene rings is 2. The van der Waals surface area contributed by atoms with Gasteiger partial charge in [0.05, 0.1) is 0 Å². The van der Waals surface area contributed by atoms with Crippen molar-refractivity contribution in [1.29, 1.82) is 0 Å². The van der Waals surface area contributed by atoms with Crippen LogP contribution in [0.1, 0.15) is 18.1 Å². The van der Waals surface area contributed by atoms with Crippen LogP contribution in [0.15, 0.2) is 54.6 Å². The maximum absolute atomic E-state index is 3.27. The molecule has 0 aromatic heterocycles. The molecule has 0 atom stereocenters. The first-order valence-corrected chi connectivity index (χ1v) is 7.41. The summed E-state index contributed by atoms with van der Waals surface area (Å²) >= 11 is 0.255. The Balaban J connectivity index is 2.01. The van der Waals surface area contributed by atoms with Crippen molar-refractivity contribution in [2.45, 2.75) is 13.3 Å². The zero-order valence-electron chi connectivity index (χ0n) is 9.81. The summed E-state index contributed by atoms with van der Waals surface area (Å²) in [6, 6.07) is 18.9. The molecule has 2 rings (SSSR count). The molecule has 0 unspecified atom stereocenters. The van der Waals surface area contributed by atoms with Gasteiger partial charge in [-0.1, -0.05) is 0 Å². The molecule has 2 aromatic carbocycles. The van der Waals surface area contributed by atoms with Crippen LogP contribution in [0, 0.1) is 10.7 Å². The zero-order valence-corrected chi connectivity index (χ0v) is 11.5. The molecule has 0 amide bonds. The Bertz CT molecular complexity index is 515. The minimum absolute atomic E-state index is 0.255. The van der Waals surface area contributed by atoms with Gasteiger partial charge >= 0.3 is 109 Å². The van der Waals surface area contributed by atoms with Gasteiger partial charge in [0, 0.05) is 0 Å². The van der Waals surface area contributed by atoms with E-state index in [-0.39, 0.29) is 15.0 Å². The molecule has 0 spiro atoms. The van der Waals surface area contributed by atoms with Gasteiger partial charge in [-0.05, 0) is 0 Å². The second-order valence-corrected chi connectivity index (χ2v) is 5.54. The van der Waals surface area contributed by atoms with Crippen LogP contribution in [0.3, 0.4) is 0 Å². The van der Waals surface area contributed by atoms with Crippen molar-refractivity contribution in [3.8, 4) is 10.7 Å². The van der Waals surface area contributed by atoms with E-state index in [4.69, 9.17) is 0 Å². The third-order valence-electron chi connectivity index (χ3n) is 2.47. The first-order chi connectivity index (χ1) is 8.38. The molecule has 0 N–H and O–H groups in total. The van der Waals surface area contributed by atoms with E-state index in [9.17, 15) is 0 Å². The number of hydrogen-bond donors (Lipinski definition) is 0. The van der Waals surface area contributed by atoms with Crippen molar-refractivity contribution >= 4 is 19.4 Å². The molecule has 17 heavy (non-hydrogen) atoms. The second-order valence-electron chi connectivity index (χ2n) is 3.69. The molecule has 0 aliphatic carbocycles. The predicted molar refractivity (Wildman–Crippen MR) is 74.5 cm³/mol. The number of aryl methyl sites for hydroxylation is 1. The van der Waals surface area contributed by atoms with Gasteiger partial charge < -0.3 is 0 Å². The van der Waals surface area contributed by atoms with Crippen molar-refractivity contribution in [2.75, 3.05) is 0 Å². The monoisotopic (exact) mass is 286 g/mol. The molecule has 0 aliphatic heterocycles. The van der Waals surface area contributed by atoms with Crippen LogP contribution in [0.4, 0.5) is 0 Å². The molecule has 0 saturated carbocycles. The van der Waals surface area contributed by atoms with Gasteiger partial charge in [-0.2, -0.15) is 0 Å². The summed E-state index contributed by atoms with van der Waals surface area (Å²) < 4.78 is 1.33. The molecule has 2 aromatic rings. The molecule has 0 nitrogen and oxygen atoms in total. The summed E-state index contributed by atoms with van der Waals surface area (Å²) in [6.07, 6.45) is 1.08. The van der Waals surface area contributed by atoms with Crippen molar-refractivity contribution in [3.63, 3.8) is 0 Å². The normalized spacial score (nSPS) is 9.47. The molecule has 84 valence electrons. The molecule has 1 heteroatoms. The third-order valence-corrected chi connectivity index (χ3v) is 3.96. The van der Waals surface area contributed by atoms with Crippen molar-refractivity contribution in [1.82, 2.24) is 0 Å². The summed E-state index contributed by atoms with van der Waals surface area (Å²) in [4.78, 5) is 3.27. The molecule has 0 fully saturated rings. The molecule has 0 aliphatic rings. The number of hydrogen-bond acceptors (Lipinski definition) is 0. The van der Waals surface area contributed by atoms with Crippen LogP contribution in [0.25, 0.3) is 0 Å². The summed E-state index contributed by atoms with van der Waals surface area (Å²) in [5, 5.41) is 0. The quantitative estimate of drug-likeness (QED) is 0.588. The Kier molecular flexibility index (Phi) is 4.45. The Morgan fingerprint density at radius 2 is 1.65 bits per heavy atom. The van der Waals surface area contributed by atoms with Crippen LogP contribution >= 0.6 is 0 Å². The van der Waals surface area contributed by atoms with Crippen LogP contribution in [-0.2, 0) is 6.42 Å². The van der Waals surface area contributed by atoms with E-state index in [0.29, 0.717) is 0 Å². The van der Waals surface area contributed by atoms with Gasteiger partial charge in [-0.15, -0.1) is 0 Å². The summed E-state index contributed by atoms with van der Waals surface area (Å²) in [7, 11) is 0. The summed E-state index contributed by atoms with van der Waals surface area (Å²) in [5.74, 6) is 3.22. The molecule has 0 saturated heterocycles. The Labute approximate surface area is 109 Å². The molecular formula is C16H14Se. The van der Waals surface area contributed by atoms with Crippen LogP contribution in [-0.4, -0.2) is 15.0 Å². The van der Waals surface area contributed by atoms with Gasteiger partial charge in [-0.25, -0.2) is 0 Å². The van der Waals surface area contributed by atoms with E-state index in [2.05, 4.69) is 66.2 Å². The Morgan fingerprint density at radius 3 is 2.29 bits per heavy atom. The first kappa shape index (κ1) is 12.0. The molecule has 0 radical (unpaired) electrons. The van der Waals surface area contributed by atoms with E-state index in [1.54, 1.807) is 0 Å². The SMILES string of the molecule is CCc1ccc(C#C[Se]c2ccccc2)cc1. The van der Waals surface area contributed by atoms with Crippen LogP contribution in [0.5, 0.6) is 0 Å². The zero-order chi connectivity index (χ0) is 11.9. The minimum atomic E-state index is 0.255. The van der Waals surface area contributed by atoms with E-state index in [1.165, 1.54) is 10.0 Å². The summed E-state index contributed by atoms with van der Waals surface area (Å²) in [5.41, 5.74) is 2.48. The van der Waals surface area contributed by atoms with Crippen LogP contribution in [0.2, 0.25) is 0 Å². The summed E-state index contributed by atoms with van der Waals surface area (Å²) in [6.45, 7) is 2.17. The van der Waals surface area contributed by atoms with E-state index >= 15 is 0 Å². The first-order valence-electron chi connectivity index (χ1n) is 5.70. The Hall–Kier alpha value is -1.48. The average Bonchev–Trinajstić information content (AvgIpc) is 2.41. The third kappa shape index (κ3) is 3.79. The van der Waals surface area contributed by atoms with Gasteiger partial charge in [-0.3, -0.25) is 0 Å². The Morgan fingerprint density at radius 1 is 0.941 bits per heavy atom. The van der Waals surface area contributed by atoms with Crippen molar-refractivity contribution in [3.05, 3.63) is 65.7 Å². The fraction of sp³-hybridized carbons (Fsp3) is 0.125. The van der Waals surface area contributed by atoms with Gasteiger partial charge in [0.2, 0.25) is 0 Å². The molecule has 0 bridgehead atoms. The topological polar surface area (TPSA) is 0 Å². The average molecular weight is 285 g/mol. The fourth-order valence-corrected chi connectivity index (χ4v) is 2.67.